The molecule has 3 rings (SSSR count). The minimum Gasteiger partial charge on any atom is -0.491 e. The average Bonchev–Trinajstić information content (AvgIpc) is 2.94. The number of aromatic nitrogens is 2. The van der Waals surface area contributed by atoms with Gasteiger partial charge >= 0.3 is 0 Å². The van der Waals surface area contributed by atoms with Crippen LogP contribution in [0.3, 0.4) is 0 Å². The average molecular weight is 329 g/mol. The maximum absolute atomic E-state index is 5.94. The highest BCUT2D eigenvalue weighted by Gasteiger charge is 2.22. The molecule has 1 fully saturated rings. The van der Waals surface area contributed by atoms with Crippen molar-refractivity contribution in [1.29, 1.82) is 0 Å². The fourth-order valence-corrected chi connectivity index (χ4v) is 3.05. The molecule has 1 atom stereocenters. The molecule has 130 valence electrons. The van der Waals surface area contributed by atoms with Crippen molar-refractivity contribution < 1.29 is 9.47 Å². The first-order chi connectivity index (χ1) is 11.6. The number of morpholine rings is 1. The lowest BCUT2D eigenvalue weighted by molar-refractivity contribution is -0.0404. The SMILES string of the molecule is Cc1cnn(C[C@@H]2CN(Cc3ccccc3OC(C)C)CCO2)c1. The summed E-state index contributed by atoms with van der Waals surface area (Å²) in [6.07, 6.45) is 4.32. The second-order valence-electron chi connectivity index (χ2n) is 6.74. The molecule has 0 amide bonds. The number of hydrogen-bond donors (Lipinski definition) is 0. The molecule has 1 aliphatic rings. The lowest BCUT2D eigenvalue weighted by Crippen LogP contribution is -2.43. The topological polar surface area (TPSA) is 39.5 Å². The third kappa shape index (κ3) is 4.58. The molecule has 0 unspecified atom stereocenters. The zero-order chi connectivity index (χ0) is 16.9. The summed E-state index contributed by atoms with van der Waals surface area (Å²) in [4.78, 5) is 2.44. The smallest absolute Gasteiger partial charge is 0.124 e. The molecule has 5 heteroatoms. The molecule has 0 aliphatic carbocycles. The Hall–Kier alpha value is -1.85. The molecule has 0 saturated carbocycles. The molecule has 5 nitrogen and oxygen atoms in total. The number of benzene rings is 1. The molecular weight excluding hydrogens is 302 g/mol. The van der Waals surface area contributed by atoms with E-state index >= 15 is 0 Å². The summed E-state index contributed by atoms with van der Waals surface area (Å²) >= 11 is 0. The molecule has 2 heterocycles. The van der Waals surface area contributed by atoms with Gasteiger partial charge in [0.1, 0.15) is 5.75 Å². The quantitative estimate of drug-likeness (QED) is 0.817. The largest absolute Gasteiger partial charge is 0.491 e. The van der Waals surface area contributed by atoms with Gasteiger partial charge in [-0.25, -0.2) is 0 Å². The highest BCUT2D eigenvalue weighted by Crippen LogP contribution is 2.22. The number of nitrogens with zero attached hydrogens (tertiary/aromatic N) is 3. The minimum absolute atomic E-state index is 0.177. The van der Waals surface area contributed by atoms with Gasteiger partial charge in [-0.05, 0) is 32.4 Å². The van der Waals surface area contributed by atoms with E-state index in [9.17, 15) is 0 Å². The third-order valence-corrected chi connectivity index (χ3v) is 4.11. The molecule has 0 bridgehead atoms. The summed E-state index contributed by atoms with van der Waals surface area (Å²) in [7, 11) is 0. The number of rotatable bonds is 6. The predicted octanol–water partition coefficient (Wildman–Crippen LogP) is 2.88. The van der Waals surface area contributed by atoms with Gasteiger partial charge in [0.25, 0.3) is 0 Å². The molecule has 1 saturated heterocycles. The van der Waals surface area contributed by atoms with Crippen LogP contribution in [0, 0.1) is 6.92 Å². The standard InChI is InChI=1S/C19H27N3O2/c1-15(2)24-19-7-5-4-6-17(19)12-21-8-9-23-18(13-21)14-22-11-16(3)10-20-22/h4-7,10-11,15,18H,8-9,12-14H2,1-3H3/t18-/m0/s1. The highest BCUT2D eigenvalue weighted by molar-refractivity contribution is 5.33. The van der Waals surface area contributed by atoms with Crippen molar-refractivity contribution in [2.24, 2.45) is 0 Å². The van der Waals surface area contributed by atoms with E-state index in [1.807, 2.05) is 16.9 Å². The molecule has 0 spiro atoms. The molecule has 1 aromatic carbocycles. The van der Waals surface area contributed by atoms with Crippen molar-refractivity contribution in [3.05, 3.63) is 47.8 Å². The van der Waals surface area contributed by atoms with Crippen molar-refractivity contribution in [2.45, 2.75) is 46.1 Å². The van der Waals surface area contributed by atoms with E-state index in [2.05, 4.69) is 55.2 Å². The van der Waals surface area contributed by atoms with E-state index in [-0.39, 0.29) is 12.2 Å². The van der Waals surface area contributed by atoms with E-state index in [0.717, 1.165) is 38.5 Å². The fraction of sp³-hybridized carbons (Fsp3) is 0.526. The third-order valence-electron chi connectivity index (χ3n) is 4.11. The lowest BCUT2D eigenvalue weighted by atomic mass is 10.1. The summed E-state index contributed by atoms with van der Waals surface area (Å²) in [6, 6.07) is 8.31. The Balaban J connectivity index is 1.61. The Labute approximate surface area is 144 Å². The van der Waals surface area contributed by atoms with E-state index in [4.69, 9.17) is 9.47 Å². The van der Waals surface area contributed by atoms with Gasteiger partial charge in [0.05, 0.1) is 31.6 Å². The van der Waals surface area contributed by atoms with Crippen LogP contribution in [0.15, 0.2) is 36.7 Å². The Kier molecular flexibility index (Phi) is 5.53. The van der Waals surface area contributed by atoms with E-state index < -0.39 is 0 Å². The monoisotopic (exact) mass is 329 g/mol. The van der Waals surface area contributed by atoms with E-state index in [1.165, 1.54) is 11.1 Å². The second kappa shape index (κ2) is 7.81. The van der Waals surface area contributed by atoms with Crippen LogP contribution in [0.25, 0.3) is 0 Å². The number of ether oxygens (including phenoxy) is 2. The molecule has 24 heavy (non-hydrogen) atoms. The molecule has 1 aromatic heterocycles. The van der Waals surface area contributed by atoms with Crippen LogP contribution in [-0.2, 0) is 17.8 Å². The minimum atomic E-state index is 0.177. The number of para-hydroxylation sites is 1. The van der Waals surface area contributed by atoms with Crippen molar-refractivity contribution in [2.75, 3.05) is 19.7 Å². The van der Waals surface area contributed by atoms with E-state index in [0.29, 0.717) is 0 Å². The normalized spacial score (nSPS) is 18.9. The zero-order valence-electron chi connectivity index (χ0n) is 14.8. The first-order valence-corrected chi connectivity index (χ1v) is 8.67. The van der Waals surface area contributed by atoms with Crippen LogP contribution in [0.1, 0.15) is 25.0 Å². The summed E-state index contributed by atoms with van der Waals surface area (Å²) in [5.41, 5.74) is 2.42. The molecule has 1 aliphatic heterocycles. The van der Waals surface area contributed by atoms with Crippen molar-refractivity contribution in [3.8, 4) is 5.75 Å². The van der Waals surface area contributed by atoms with Gasteiger partial charge < -0.3 is 9.47 Å². The number of hydrogen-bond acceptors (Lipinski definition) is 4. The molecule has 0 N–H and O–H groups in total. The van der Waals surface area contributed by atoms with Gasteiger partial charge in [0.15, 0.2) is 0 Å². The Morgan fingerprint density at radius 3 is 2.92 bits per heavy atom. The zero-order valence-corrected chi connectivity index (χ0v) is 14.8. The summed E-state index contributed by atoms with van der Waals surface area (Å²) in [5, 5.41) is 4.36. The highest BCUT2D eigenvalue weighted by atomic mass is 16.5. The maximum Gasteiger partial charge on any atom is 0.124 e. The molecule has 0 radical (unpaired) electrons. The predicted molar refractivity (Wildman–Crippen MR) is 94.2 cm³/mol. The van der Waals surface area contributed by atoms with Crippen LogP contribution in [0.5, 0.6) is 5.75 Å². The summed E-state index contributed by atoms with van der Waals surface area (Å²) in [6.45, 7) is 10.5. The molecular formula is C19H27N3O2. The van der Waals surface area contributed by atoms with Crippen LogP contribution in [-0.4, -0.2) is 46.6 Å². The summed E-state index contributed by atoms with van der Waals surface area (Å²) in [5.74, 6) is 0.984. The first kappa shape index (κ1) is 17.0. The fourth-order valence-electron chi connectivity index (χ4n) is 3.05. The van der Waals surface area contributed by atoms with Gasteiger partial charge in [-0.2, -0.15) is 5.10 Å². The Morgan fingerprint density at radius 1 is 1.33 bits per heavy atom. The van der Waals surface area contributed by atoms with Crippen molar-refractivity contribution in [1.82, 2.24) is 14.7 Å². The first-order valence-electron chi connectivity index (χ1n) is 8.67. The second-order valence-corrected chi connectivity index (χ2v) is 6.74. The van der Waals surface area contributed by atoms with Crippen LogP contribution < -0.4 is 4.74 Å². The number of aryl methyl sites for hydroxylation is 1. The van der Waals surface area contributed by atoms with E-state index in [1.54, 1.807) is 0 Å². The van der Waals surface area contributed by atoms with Gasteiger partial charge in [0.2, 0.25) is 0 Å². The van der Waals surface area contributed by atoms with Crippen molar-refractivity contribution in [3.63, 3.8) is 0 Å². The van der Waals surface area contributed by atoms with Gasteiger partial charge in [-0.1, -0.05) is 18.2 Å². The van der Waals surface area contributed by atoms with Gasteiger partial charge in [-0.3, -0.25) is 9.58 Å². The van der Waals surface area contributed by atoms with Gasteiger partial charge in [-0.15, -0.1) is 0 Å². The lowest BCUT2D eigenvalue weighted by Gasteiger charge is -2.33. The van der Waals surface area contributed by atoms with Crippen LogP contribution in [0.2, 0.25) is 0 Å². The Morgan fingerprint density at radius 2 is 2.17 bits per heavy atom. The van der Waals surface area contributed by atoms with Crippen LogP contribution in [0.4, 0.5) is 0 Å². The van der Waals surface area contributed by atoms with Crippen LogP contribution >= 0.6 is 0 Å². The van der Waals surface area contributed by atoms with Crippen molar-refractivity contribution >= 4 is 0 Å². The Bertz CT molecular complexity index is 654. The maximum atomic E-state index is 5.94. The molecule has 2 aromatic rings. The summed E-state index contributed by atoms with van der Waals surface area (Å²) < 4.78 is 13.8. The van der Waals surface area contributed by atoms with Gasteiger partial charge in [0, 0.05) is 31.4 Å².